The molecular formula is C15H23NO. The molecule has 2 heteroatoms. The van der Waals surface area contributed by atoms with Gasteiger partial charge in [0.05, 0.1) is 0 Å². The molecule has 1 aromatic rings. The van der Waals surface area contributed by atoms with Crippen LogP contribution >= 0.6 is 0 Å². The molecule has 2 rings (SSSR count). The van der Waals surface area contributed by atoms with Crippen molar-refractivity contribution in [3.05, 3.63) is 35.4 Å². The van der Waals surface area contributed by atoms with Gasteiger partial charge in [-0.15, -0.1) is 0 Å². The van der Waals surface area contributed by atoms with E-state index in [-0.39, 0.29) is 0 Å². The lowest BCUT2D eigenvalue weighted by atomic mass is 9.88. The average molecular weight is 233 g/mol. The third-order valence-electron chi connectivity index (χ3n) is 3.89. The van der Waals surface area contributed by atoms with Crippen molar-refractivity contribution < 1.29 is 4.74 Å². The lowest BCUT2D eigenvalue weighted by molar-refractivity contribution is 0.164. The van der Waals surface area contributed by atoms with Crippen LogP contribution < -0.4 is 5.32 Å². The molecule has 94 valence electrons. The third kappa shape index (κ3) is 2.88. The fourth-order valence-electron chi connectivity index (χ4n) is 3.01. The van der Waals surface area contributed by atoms with E-state index in [0.717, 1.165) is 13.0 Å². The Morgan fingerprint density at radius 3 is 2.94 bits per heavy atom. The molecule has 0 aliphatic heterocycles. The number of ether oxygens (including phenoxy) is 1. The Labute approximate surface area is 104 Å². The Morgan fingerprint density at radius 1 is 1.35 bits per heavy atom. The molecule has 2 atom stereocenters. The van der Waals surface area contributed by atoms with Gasteiger partial charge in [0.2, 0.25) is 0 Å². The second-order valence-electron chi connectivity index (χ2n) is 4.90. The highest BCUT2D eigenvalue weighted by atomic mass is 16.5. The molecular weight excluding hydrogens is 210 g/mol. The average Bonchev–Trinajstić information content (AvgIpc) is 2.54. The van der Waals surface area contributed by atoms with Gasteiger partial charge in [-0.1, -0.05) is 24.3 Å². The van der Waals surface area contributed by atoms with E-state index in [9.17, 15) is 0 Å². The van der Waals surface area contributed by atoms with E-state index in [0.29, 0.717) is 12.0 Å². The SMILES string of the molecule is CNC1c2ccccc2CCCC1CCOC. The molecule has 17 heavy (non-hydrogen) atoms. The molecule has 0 saturated heterocycles. The maximum absolute atomic E-state index is 5.24. The van der Waals surface area contributed by atoms with Crippen LogP contribution in [0.5, 0.6) is 0 Å². The minimum atomic E-state index is 0.490. The van der Waals surface area contributed by atoms with Crippen LogP contribution in [0.4, 0.5) is 0 Å². The molecule has 0 aromatic heterocycles. The Bertz CT molecular complexity index is 349. The standard InChI is InChI=1S/C15H23NO/c1-16-15-13(10-11-17-2)8-5-7-12-6-3-4-9-14(12)15/h3-4,6,9,13,15-16H,5,7-8,10-11H2,1-2H3. The van der Waals surface area contributed by atoms with Crippen molar-refractivity contribution in [3.8, 4) is 0 Å². The first-order valence-electron chi connectivity index (χ1n) is 6.61. The van der Waals surface area contributed by atoms with Crippen LogP contribution in [0.15, 0.2) is 24.3 Å². The highest BCUT2D eigenvalue weighted by molar-refractivity contribution is 5.31. The Kier molecular flexibility index (Phi) is 4.57. The summed E-state index contributed by atoms with van der Waals surface area (Å²) < 4.78 is 5.24. The maximum Gasteiger partial charge on any atom is 0.0465 e. The van der Waals surface area contributed by atoms with Gasteiger partial charge in [-0.25, -0.2) is 0 Å². The van der Waals surface area contributed by atoms with Gasteiger partial charge in [0.15, 0.2) is 0 Å². The molecule has 1 N–H and O–H groups in total. The van der Waals surface area contributed by atoms with Crippen LogP contribution in [-0.2, 0) is 11.2 Å². The van der Waals surface area contributed by atoms with Crippen LogP contribution in [0.1, 0.15) is 36.4 Å². The number of nitrogens with one attached hydrogen (secondary N) is 1. The third-order valence-corrected chi connectivity index (χ3v) is 3.89. The molecule has 1 aliphatic rings. The number of hydrogen-bond acceptors (Lipinski definition) is 2. The zero-order valence-electron chi connectivity index (χ0n) is 10.9. The van der Waals surface area contributed by atoms with Gasteiger partial charge >= 0.3 is 0 Å². The summed E-state index contributed by atoms with van der Waals surface area (Å²) in [6.07, 6.45) is 4.96. The normalized spacial score (nSPS) is 24.1. The smallest absolute Gasteiger partial charge is 0.0465 e. The Balaban J connectivity index is 2.21. The first-order chi connectivity index (χ1) is 8.36. The number of methoxy groups -OCH3 is 1. The fraction of sp³-hybridized carbons (Fsp3) is 0.600. The predicted octanol–water partition coefficient (Wildman–Crippen LogP) is 2.94. The van der Waals surface area contributed by atoms with Crippen molar-refractivity contribution in [1.29, 1.82) is 0 Å². The predicted molar refractivity (Wildman–Crippen MR) is 71.2 cm³/mol. The zero-order chi connectivity index (χ0) is 12.1. The van der Waals surface area contributed by atoms with Gasteiger partial charge in [-0.2, -0.15) is 0 Å². The lowest BCUT2D eigenvalue weighted by Gasteiger charge is -2.26. The Hall–Kier alpha value is -0.860. The van der Waals surface area contributed by atoms with Crippen molar-refractivity contribution in [2.24, 2.45) is 5.92 Å². The first kappa shape index (κ1) is 12.6. The zero-order valence-corrected chi connectivity index (χ0v) is 10.9. The highest BCUT2D eigenvalue weighted by Gasteiger charge is 2.25. The summed E-state index contributed by atoms with van der Waals surface area (Å²) in [4.78, 5) is 0. The van der Waals surface area contributed by atoms with E-state index in [1.807, 2.05) is 0 Å². The van der Waals surface area contributed by atoms with E-state index in [4.69, 9.17) is 4.74 Å². The summed E-state index contributed by atoms with van der Waals surface area (Å²) in [5, 5.41) is 3.50. The van der Waals surface area contributed by atoms with E-state index < -0.39 is 0 Å². The quantitative estimate of drug-likeness (QED) is 0.807. The minimum Gasteiger partial charge on any atom is -0.385 e. The summed E-state index contributed by atoms with van der Waals surface area (Å²) in [5.74, 6) is 0.698. The molecule has 0 bridgehead atoms. The number of benzene rings is 1. The molecule has 0 spiro atoms. The van der Waals surface area contributed by atoms with Crippen molar-refractivity contribution in [3.63, 3.8) is 0 Å². The first-order valence-corrected chi connectivity index (χ1v) is 6.61. The molecule has 1 aliphatic carbocycles. The molecule has 0 saturated carbocycles. The number of rotatable bonds is 4. The van der Waals surface area contributed by atoms with Gasteiger partial charge in [-0.05, 0) is 49.8 Å². The fourth-order valence-corrected chi connectivity index (χ4v) is 3.01. The molecule has 0 amide bonds. The van der Waals surface area contributed by atoms with Gasteiger partial charge in [0.1, 0.15) is 0 Å². The Morgan fingerprint density at radius 2 is 2.18 bits per heavy atom. The number of fused-ring (bicyclic) bond motifs is 1. The van der Waals surface area contributed by atoms with E-state index in [1.54, 1.807) is 7.11 Å². The van der Waals surface area contributed by atoms with E-state index >= 15 is 0 Å². The van der Waals surface area contributed by atoms with Crippen LogP contribution in [0.25, 0.3) is 0 Å². The number of hydrogen-bond donors (Lipinski definition) is 1. The van der Waals surface area contributed by atoms with Crippen LogP contribution in [0, 0.1) is 5.92 Å². The minimum absolute atomic E-state index is 0.490. The lowest BCUT2D eigenvalue weighted by Crippen LogP contribution is -2.26. The summed E-state index contributed by atoms with van der Waals surface area (Å²) in [7, 11) is 3.87. The summed E-state index contributed by atoms with van der Waals surface area (Å²) in [5.41, 5.74) is 3.01. The molecule has 0 fully saturated rings. The van der Waals surface area contributed by atoms with Gasteiger partial charge < -0.3 is 10.1 Å². The van der Waals surface area contributed by atoms with Gasteiger partial charge in [0, 0.05) is 19.8 Å². The topological polar surface area (TPSA) is 21.3 Å². The van der Waals surface area contributed by atoms with Crippen LogP contribution in [0.2, 0.25) is 0 Å². The molecule has 0 radical (unpaired) electrons. The van der Waals surface area contributed by atoms with E-state index in [1.165, 1.54) is 30.4 Å². The van der Waals surface area contributed by atoms with Crippen LogP contribution in [-0.4, -0.2) is 20.8 Å². The number of aryl methyl sites for hydroxylation is 1. The van der Waals surface area contributed by atoms with E-state index in [2.05, 4.69) is 36.6 Å². The molecule has 1 aromatic carbocycles. The second kappa shape index (κ2) is 6.18. The van der Waals surface area contributed by atoms with Crippen molar-refractivity contribution in [2.45, 2.75) is 31.7 Å². The van der Waals surface area contributed by atoms with Crippen molar-refractivity contribution in [1.82, 2.24) is 5.32 Å². The van der Waals surface area contributed by atoms with Gasteiger partial charge in [0.25, 0.3) is 0 Å². The summed E-state index contributed by atoms with van der Waals surface area (Å²) >= 11 is 0. The van der Waals surface area contributed by atoms with Crippen molar-refractivity contribution >= 4 is 0 Å². The molecule has 2 nitrogen and oxygen atoms in total. The molecule has 2 unspecified atom stereocenters. The summed E-state index contributed by atoms with van der Waals surface area (Å²) in [6.45, 7) is 0.866. The largest absolute Gasteiger partial charge is 0.385 e. The highest BCUT2D eigenvalue weighted by Crippen LogP contribution is 2.34. The van der Waals surface area contributed by atoms with Crippen LogP contribution in [0.3, 0.4) is 0 Å². The second-order valence-corrected chi connectivity index (χ2v) is 4.90. The summed E-state index contributed by atoms with van der Waals surface area (Å²) in [6, 6.07) is 9.35. The van der Waals surface area contributed by atoms with Gasteiger partial charge in [-0.3, -0.25) is 0 Å². The monoisotopic (exact) mass is 233 g/mol. The molecule has 0 heterocycles. The maximum atomic E-state index is 5.24. The van der Waals surface area contributed by atoms with Crippen molar-refractivity contribution in [2.75, 3.05) is 20.8 Å².